The van der Waals surface area contributed by atoms with E-state index in [1.54, 1.807) is 31.2 Å². The van der Waals surface area contributed by atoms with Crippen LogP contribution in [0.5, 0.6) is 17.2 Å². The Hall–Kier alpha value is -4.19. The summed E-state index contributed by atoms with van der Waals surface area (Å²) >= 11 is 0. The van der Waals surface area contributed by atoms with Crippen LogP contribution in [-0.2, 0) is 14.4 Å². The van der Waals surface area contributed by atoms with Gasteiger partial charge in [-0.15, -0.1) is 0 Å². The van der Waals surface area contributed by atoms with Gasteiger partial charge in [-0.1, -0.05) is 63.8 Å². The van der Waals surface area contributed by atoms with Crippen LogP contribution in [0.1, 0.15) is 65.0 Å². The Morgan fingerprint density at radius 2 is 1.16 bits per heavy atom. The van der Waals surface area contributed by atoms with Crippen molar-refractivity contribution in [1.82, 2.24) is 0 Å². The van der Waals surface area contributed by atoms with Crippen LogP contribution in [0, 0.1) is 0 Å². The Morgan fingerprint density at radius 1 is 0.676 bits per heavy atom. The minimum atomic E-state index is -0.636. The number of carbonyl (C=O) groups is 3. The molecular weight excluding hydrogens is 468 g/mol. The first-order valence-electron chi connectivity index (χ1n) is 12.1. The molecule has 194 valence electrons. The molecule has 0 aromatic heterocycles. The van der Waals surface area contributed by atoms with Gasteiger partial charge in [0.1, 0.15) is 5.75 Å². The molecule has 2 aromatic carbocycles. The predicted molar refractivity (Wildman–Crippen MR) is 145 cm³/mol. The monoisotopic (exact) mass is 502 g/mol. The Bertz CT molecular complexity index is 1260. The van der Waals surface area contributed by atoms with Crippen molar-refractivity contribution in [2.24, 2.45) is 0 Å². The third-order valence-corrected chi connectivity index (χ3v) is 5.37. The van der Waals surface area contributed by atoms with Crippen LogP contribution in [0.2, 0.25) is 0 Å². The van der Waals surface area contributed by atoms with E-state index >= 15 is 0 Å². The number of ether oxygens (including phenoxy) is 3. The van der Waals surface area contributed by atoms with E-state index in [1.807, 2.05) is 18.2 Å². The quantitative estimate of drug-likeness (QED) is 0.185. The van der Waals surface area contributed by atoms with Crippen LogP contribution in [0.3, 0.4) is 0 Å². The highest BCUT2D eigenvalue weighted by molar-refractivity contribution is 5.92. The molecule has 0 spiro atoms. The fraction of sp³-hybridized carbons (Fsp3) is 0.258. The molecule has 0 bridgehead atoms. The molecule has 0 aliphatic rings. The second-order valence-corrected chi connectivity index (χ2v) is 8.78. The number of benzene rings is 2. The molecule has 6 nitrogen and oxygen atoms in total. The third kappa shape index (κ3) is 7.90. The molecule has 37 heavy (non-hydrogen) atoms. The Labute approximate surface area is 218 Å². The van der Waals surface area contributed by atoms with Crippen molar-refractivity contribution in [3.8, 4) is 17.2 Å². The van der Waals surface area contributed by atoms with E-state index < -0.39 is 17.9 Å². The molecule has 0 N–H and O–H groups in total. The lowest BCUT2D eigenvalue weighted by molar-refractivity contribution is -0.132. The molecule has 0 saturated carbocycles. The minimum Gasteiger partial charge on any atom is -0.423 e. The van der Waals surface area contributed by atoms with E-state index in [-0.39, 0.29) is 22.6 Å². The van der Waals surface area contributed by atoms with Crippen LogP contribution in [-0.4, -0.2) is 17.9 Å². The summed E-state index contributed by atoms with van der Waals surface area (Å²) < 4.78 is 16.3. The summed E-state index contributed by atoms with van der Waals surface area (Å²) in [6.07, 6.45) is 2.58. The van der Waals surface area contributed by atoms with Gasteiger partial charge in [0.05, 0.1) is 0 Å². The second-order valence-electron chi connectivity index (χ2n) is 8.78. The first-order chi connectivity index (χ1) is 17.5. The topological polar surface area (TPSA) is 78.9 Å². The van der Waals surface area contributed by atoms with E-state index in [9.17, 15) is 14.4 Å². The van der Waals surface area contributed by atoms with Crippen LogP contribution in [0.25, 0.3) is 5.57 Å². The van der Waals surface area contributed by atoms with Gasteiger partial charge >= 0.3 is 17.9 Å². The molecule has 0 saturated heterocycles. The highest BCUT2D eigenvalue weighted by Gasteiger charge is 2.19. The van der Waals surface area contributed by atoms with Crippen LogP contribution in [0.4, 0.5) is 0 Å². The number of allylic oxidation sites excluding steroid dienone is 1. The zero-order valence-electron chi connectivity index (χ0n) is 22.2. The fourth-order valence-corrected chi connectivity index (χ4v) is 3.44. The molecule has 0 heterocycles. The summed E-state index contributed by atoms with van der Waals surface area (Å²) in [4.78, 5) is 36.4. The standard InChI is InChI=1S/C31H34O6/c1-9-11-22(10-2)28(23-12-15-25(16-13-23)35-29(32)19(3)4)24-14-17-26(36-30(33)20(5)6)27(18-24)37-31(34)21(7)8/h12-18H,3,5,7,9-11H2,1-2,4,6,8H3. The Kier molecular flexibility index (Phi) is 10.4. The second kappa shape index (κ2) is 13.2. The maximum atomic E-state index is 12.4. The van der Waals surface area contributed by atoms with Gasteiger partial charge in [0, 0.05) is 16.7 Å². The minimum absolute atomic E-state index is 0.0940. The summed E-state index contributed by atoms with van der Waals surface area (Å²) in [7, 11) is 0. The van der Waals surface area contributed by atoms with Crippen molar-refractivity contribution in [2.45, 2.75) is 53.9 Å². The first-order valence-corrected chi connectivity index (χ1v) is 12.1. The third-order valence-electron chi connectivity index (χ3n) is 5.37. The molecule has 2 rings (SSSR count). The molecule has 0 amide bonds. The zero-order valence-corrected chi connectivity index (χ0v) is 22.2. The van der Waals surface area contributed by atoms with Crippen molar-refractivity contribution in [3.05, 3.63) is 95.6 Å². The maximum Gasteiger partial charge on any atom is 0.338 e. The van der Waals surface area contributed by atoms with Gasteiger partial charge < -0.3 is 14.2 Å². The zero-order chi connectivity index (χ0) is 27.7. The predicted octanol–water partition coefficient (Wildman–Crippen LogP) is 7.14. The SMILES string of the molecule is C=C(C)C(=O)Oc1ccc(C(=C(CC)CCC)c2ccc(OC(=O)C(=C)C)c(OC(=O)C(=C)C)c2)cc1. The van der Waals surface area contributed by atoms with Crippen molar-refractivity contribution in [1.29, 1.82) is 0 Å². The van der Waals surface area contributed by atoms with Crippen molar-refractivity contribution in [3.63, 3.8) is 0 Å². The van der Waals surface area contributed by atoms with Gasteiger partial charge in [-0.25, -0.2) is 14.4 Å². The van der Waals surface area contributed by atoms with E-state index in [2.05, 4.69) is 33.6 Å². The summed E-state index contributed by atoms with van der Waals surface area (Å²) in [5.74, 6) is -1.16. The maximum absolute atomic E-state index is 12.4. The number of carbonyl (C=O) groups excluding carboxylic acids is 3. The average molecular weight is 503 g/mol. The Morgan fingerprint density at radius 3 is 1.65 bits per heavy atom. The Balaban J connectivity index is 2.64. The van der Waals surface area contributed by atoms with E-state index in [0.29, 0.717) is 11.3 Å². The van der Waals surface area contributed by atoms with E-state index in [4.69, 9.17) is 14.2 Å². The molecule has 2 aromatic rings. The molecule has 0 radical (unpaired) electrons. The summed E-state index contributed by atoms with van der Waals surface area (Å²) in [6.45, 7) is 19.7. The van der Waals surface area contributed by atoms with Crippen LogP contribution < -0.4 is 14.2 Å². The lowest BCUT2D eigenvalue weighted by Gasteiger charge is -2.18. The highest BCUT2D eigenvalue weighted by Crippen LogP contribution is 2.37. The van der Waals surface area contributed by atoms with Gasteiger partial charge in [-0.05, 0) is 74.6 Å². The van der Waals surface area contributed by atoms with Crippen molar-refractivity contribution < 1.29 is 28.6 Å². The van der Waals surface area contributed by atoms with Crippen LogP contribution in [0.15, 0.2) is 84.5 Å². The number of hydrogen-bond donors (Lipinski definition) is 0. The van der Waals surface area contributed by atoms with Gasteiger partial charge in [0.25, 0.3) is 0 Å². The largest absolute Gasteiger partial charge is 0.423 e. The lowest BCUT2D eigenvalue weighted by Crippen LogP contribution is -2.13. The van der Waals surface area contributed by atoms with Gasteiger partial charge in [-0.3, -0.25) is 0 Å². The van der Waals surface area contributed by atoms with Gasteiger partial charge in [0.2, 0.25) is 0 Å². The lowest BCUT2D eigenvalue weighted by atomic mass is 9.89. The molecule has 6 heteroatoms. The van der Waals surface area contributed by atoms with Crippen molar-refractivity contribution >= 4 is 23.5 Å². The summed E-state index contributed by atoms with van der Waals surface area (Å²) in [6, 6.07) is 12.3. The highest BCUT2D eigenvalue weighted by atomic mass is 16.6. The molecule has 0 aliphatic carbocycles. The van der Waals surface area contributed by atoms with Gasteiger partial charge in [-0.2, -0.15) is 0 Å². The van der Waals surface area contributed by atoms with Crippen LogP contribution >= 0.6 is 0 Å². The molecule has 0 aliphatic heterocycles. The summed E-state index contributed by atoms with van der Waals surface area (Å²) in [5.41, 5.74) is 4.54. The molecule has 0 atom stereocenters. The van der Waals surface area contributed by atoms with E-state index in [0.717, 1.165) is 36.0 Å². The average Bonchev–Trinajstić information content (AvgIpc) is 2.85. The van der Waals surface area contributed by atoms with Gasteiger partial charge in [0.15, 0.2) is 11.5 Å². The smallest absolute Gasteiger partial charge is 0.338 e. The molecule has 0 fully saturated rings. The summed E-state index contributed by atoms with van der Waals surface area (Å²) in [5, 5.41) is 0. The fourth-order valence-electron chi connectivity index (χ4n) is 3.44. The first kappa shape index (κ1) is 29.0. The molecule has 0 unspecified atom stereocenters. The normalized spacial score (nSPS) is 11.2. The van der Waals surface area contributed by atoms with E-state index in [1.165, 1.54) is 19.4 Å². The number of hydrogen-bond acceptors (Lipinski definition) is 6. The van der Waals surface area contributed by atoms with Crippen molar-refractivity contribution in [2.75, 3.05) is 0 Å². The number of esters is 3. The molecular formula is C31H34O6. The number of rotatable bonds is 11.